The number of hydrogen-bond acceptors (Lipinski definition) is 10. The minimum atomic E-state index is -1.67. The van der Waals surface area contributed by atoms with Crippen molar-refractivity contribution in [2.75, 3.05) is 13.2 Å². The number of aliphatic hydroxyl groups excluding tert-OH is 7. The van der Waals surface area contributed by atoms with Crippen LogP contribution in [0.4, 0.5) is 0 Å². The first kappa shape index (κ1) is 53.3. The molecule has 11 nitrogen and oxygen atoms in total. The van der Waals surface area contributed by atoms with E-state index in [0.717, 1.165) is 64.2 Å². The molecule has 0 aromatic heterocycles. The van der Waals surface area contributed by atoms with E-state index >= 15 is 0 Å². The summed E-state index contributed by atoms with van der Waals surface area (Å²) in [5.41, 5.74) is 0. The molecule has 1 amide bonds. The van der Waals surface area contributed by atoms with Crippen molar-refractivity contribution in [2.45, 2.75) is 236 Å². The molecule has 9 atom stereocenters. The highest BCUT2D eigenvalue weighted by Gasteiger charge is 2.44. The minimum Gasteiger partial charge on any atom is -0.394 e. The van der Waals surface area contributed by atoms with Crippen LogP contribution in [0, 0.1) is 0 Å². The zero-order chi connectivity index (χ0) is 41.9. The van der Waals surface area contributed by atoms with Gasteiger partial charge in [-0.3, -0.25) is 4.79 Å². The number of allylic oxidation sites excluding steroid dienone is 6. The molecule has 1 aliphatic heterocycles. The second-order valence-corrected chi connectivity index (χ2v) is 16.1. The molecule has 0 aliphatic carbocycles. The smallest absolute Gasteiger partial charge is 0.249 e. The lowest BCUT2D eigenvalue weighted by atomic mass is 9.98. The third kappa shape index (κ3) is 26.2. The summed E-state index contributed by atoms with van der Waals surface area (Å²) >= 11 is 0. The number of carbonyl (C=O) groups excluding carboxylic acids is 1. The lowest BCUT2D eigenvalue weighted by molar-refractivity contribution is -0.303. The predicted octanol–water partition coefficient (Wildman–Crippen LogP) is 7.22. The van der Waals surface area contributed by atoms with Crippen LogP contribution in [0.15, 0.2) is 36.5 Å². The molecule has 1 saturated heterocycles. The third-order valence-corrected chi connectivity index (χ3v) is 10.9. The zero-order valence-electron chi connectivity index (χ0n) is 35.8. The Morgan fingerprint density at radius 2 is 1.09 bits per heavy atom. The molecule has 57 heavy (non-hydrogen) atoms. The van der Waals surface area contributed by atoms with E-state index in [9.17, 15) is 40.5 Å². The first-order chi connectivity index (χ1) is 27.7. The summed E-state index contributed by atoms with van der Waals surface area (Å²) in [4.78, 5) is 13.0. The number of aliphatic hydroxyl groups is 7. The summed E-state index contributed by atoms with van der Waals surface area (Å²) in [6.07, 6.45) is 29.3. The molecule has 9 unspecified atom stereocenters. The Bertz CT molecular complexity index is 1020. The maximum atomic E-state index is 13.0. The van der Waals surface area contributed by atoms with Crippen LogP contribution in [0.1, 0.15) is 181 Å². The molecule has 8 N–H and O–H groups in total. The van der Waals surface area contributed by atoms with Crippen LogP contribution in [-0.4, -0.2) is 110 Å². The van der Waals surface area contributed by atoms with Crippen LogP contribution in [0.2, 0.25) is 0 Å². The second kappa shape index (κ2) is 36.2. The Kier molecular flexibility index (Phi) is 33.9. The highest BCUT2D eigenvalue weighted by molar-refractivity contribution is 5.80. The number of unbranched alkanes of at least 4 members (excludes halogenated alkanes) is 19. The van der Waals surface area contributed by atoms with E-state index in [-0.39, 0.29) is 12.8 Å². The van der Waals surface area contributed by atoms with Crippen molar-refractivity contribution in [3.63, 3.8) is 0 Å². The van der Waals surface area contributed by atoms with Gasteiger partial charge >= 0.3 is 0 Å². The molecule has 1 rings (SSSR count). The molecule has 1 fully saturated rings. The maximum Gasteiger partial charge on any atom is 0.249 e. The number of amides is 1. The molecule has 0 aromatic carbocycles. The van der Waals surface area contributed by atoms with E-state index in [0.29, 0.717) is 19.3 Å². The second-order valence-electron chi connectivity index (χ2n) is 16.1. The van der Waals surface area contributed by atoms with Crippen molar-refractivity contribution in [3.8, 4) is 0 Å². The lowest BCUT2D eigenvalue weighted by Gasteiger charge is -2.40. The van der Waals surface area contributed by atoms with Gasteiger partial charge < -0.3 is 50.5 Å². The topological polar surface area (TPSA) is 189 Å². The van der Waals surface area contributed by atoms with Crippen molar-refractivity contribution in [1.29, 1.82) is 0 Å². The molecule has 0 aromatic rings. The van der Waals surface area contributed by atoms with Crippen LogP contribution in [0.5, 0.6) is 0 Å². The molecular weight excluding hydrogens is 727 g/mol. The molecule has 0 saturated carbocycles. The van der Waals surface area contributed by atoms with E-state index < -0.39 is 74.2 Å². The van der Waals surface area contributed by atoms with E-state index in [1.807, 2.05) is 6.08 Å². The summed E-state index contributed by atoms with van der Waals surface area (Å²) in [7, 11) is 0. The Labute approximate surface area is 346 Å². The van der Waals surface area contributed by atoms with Gasteiger partial charge in [0.15, 0.2) is 6.29 Å². The van der Waals surface area contributed by atoms with Crippen molar-refractivity contribution >= 4 is 5.91 Å². The van der Waals surface area contributed by atoms with E-state index in [1.54, 1.807) is 0 Å². The lowest BCUT2D eigenvalue weighted by Crippen LogP contribution is -2.60. The first-order valence-electron chi connectivity index (χ1n) is 22.9. The van der Waals surface area contributed by atoms with Crippen LogP contribution >= 0.6 is 0 Å². The van der Waals surface area contributed by atoms with Crippen LogP contribution in [-0.2, 0) is 14.3 Å². The minimum absolute atomic E-state index is 0.243. The number of rotatable bonds is 37. The highest BCUT2D eigenvalue weighted by Crippen LogP contribution is 2.23. The van der Waals surface area contributed by atoms with Gasteiger partial charge in [-0.1, -0.05) is 147 Å². The van der Waals surface area contributed by atoms with Gasteiger partial charge in [0, 0.05) is 0 Å². The van der Waals surface area contributed by atoms with Gasteiger partial charge in [-0.25, -0.2) is 0 Å². The molecule has 0 bridgehead atoms. The highest BCUT2D eigenvalue weighted by atomic mass is 16.7. The summed E-state index contributed by atoms with van der Waals surface area (Å²) in [5, 5.41) is 75.4. The van der Waals surface area contributed by atoms with E-state index in [2.05, 4.69) is 49.5 Å². The number of nitrogens with one attached hydrogen (secondary N) is 1. The third-order valence-electron chi connectivity index (χ3n) is 10.9. The van der Waals surface area contributed by atoms with Gasteiger partial charge in [0.25, 0.3) is 0 Å². The Morgan fingerprint density at radius 1 is 0.596 bits per heavy atom. The zero-order valence-corrected chi connectivity index (χ0v) is 35.8. The SMILES string of the molecule is CCC/C=C/CC/C=C/CCCC(O)C(O)C(COC1OC(CO)C(O)C(O)C1O)NC(=O)C(O)CCCCCCCC/C=C\CCCCCCCCCCCC. The number of hydrogen-bond donors (Lipinski definition) is 8. The van der Waals surface area contributed by atoms with Gasteiger partial charge in [-0.2, -0.15) is 0 Å². The van der Waals surface area contributed by atoms with Crippen molar-refractivity contribution < 1.29 is 50.0 Å². The normalized spacial score (nSPS) is 22.4. The summed E-state index contributed by atoms with van der Waals surface area (Å²) in [6, 6.07) is -1.19. The van der Waals surface area contributed by atoms with Gasteiger partial charge in [0.1, 0.15) is 36.6 Å². The van der Waals surface area contributed by atoms with Gasteiger partial charge in [0.05, 0.1) is 25.4 Å². The maximum absolute atomic E-state index is 13.0. The number of ether oxygens (including phenoxy) is 2. The predicted molar refractivity (Wildman–Crippen MR) is 228 cm³/mol. The van der Waals surface area contributed by atoms with Crippen LogP contribution in [0.3, 0.4) is 0 Å². The largest absolute Gasteiger partial charge is 0.394 e. The van der Waals surface area contributed by atoms with Gasteiger partial charge in [-0.05, 0) is 70.6 Å². The van der Waals surface area contributed by atoms with Crippen molar-refractivity contribution in [2.24, 2.45) is 0 Å². The summed E-state index contributed by atoms with van der Waals surface area (Å²) < 4.78 is 11.0. The Hall–Kier alpha value is -1.67. The fraction of sp³-hybridized carbons (Fsp3) is 0.848. The molecule has 1 aliphatic rings. The summed E-state index contributed by atoms with van der Waals surface area (Å²) in [6.45, 7) is 3.32. The molecule has 0 radical (unpaired) electrons. The molecular formula is C46H85NO10. The van der Waals surface area contributed by atoms with Gasteiger partial charge in [-0.15, -0.1) is 0 Å². The Morgan fingerprint density at radius 3 is 1.63 bits per heavy atom. The van der Waals surface area contributed by atoms with Crippen LogP contribution < -0.4 is 5.32 Å². The van der Waals surface area contributed by atoms with E-state index in [1.165, 1.54) is 70.6 Å². The molecule has 1 heterocycles. The summed E-state index contributed by atoms with van der Waals surface area (Å²) in [5.74, 6) is -0.718. The first-order valence-corrected chi connectivity index (χ1v) is 22.9. The quantitative estimate of drug-likeness (QED) is 0.0235. The Balaban J connectivity index is 2.43. The average Bonchev–Trinajstić information content (AvgIpc) is 3.21. The van der Waals surface area contributed by atoms with E-state index in [4.69, 9.17) is 9.47 Å². The van der Waals surface area contributed by atoms with Crippen LogP contribution in [0.25, 0.3) is 0 Å². The van der Waals surface area contributed by atoms with Crippen molar-refractivity contribution in [3.05, 3.63) is 36.5 Å². The van der Waals surface area contributed by atoms with Crippen molar-refractivity contribution in [1.82, 2.24) is 5.32 Å². The number of carbonyl (C=O) groups is 1. The van der Waals surface area contributed by atoms with Gasteiger partial charge in [0.2, 0.25) is 5.91 Å². The molecule has 334 valence electrons. The monoisotopic (exact) mass is 812 g/mol. The molecule has 11 heteroatoms. The fourth-order valence-electron chi connectivity index (χ4n) is 7.05. The average molecular weight is 812 g/mol. The standard InChI is InChI=1S/C46H85NO10/c1-3-5-7-9-11-13-15-16-17-18-19-20-21-22-23-24-26-28-30-32-34-39(50)45(55)47-37(36-56-46-44(54)43(53)42(52)40(35-48)57-46)41(51)38(49)33-31-29-27-25-14-12-10-8-6-4-2/h8,10,20-21,25,27,37-44,46,48-54H,3-7,9,11-19,22-24,26,28-36H2,1-2H3,(H,47,55)/b10-8+,21-20-,27-25+. The molecule has 0 spiro atoms. The fourth-order valence-corrected chi connectivity index (χ4v) is 7.05.